The number of hydrogen-bond acceptors (Lipinski definition) is 5. The molecule has 0 amide bonds. The summed E-state index contributed by atoms with van der Waals surface area (Å²) < 4.78 is 10.9. The van der Waals surface area contributed by atoms with Crippen molar-refractivity contribution < 1.29 is 23.9 Å². The summed E-state index contributed by atoms with van der Waals surface area (Å²) in [5.41, 5.74) is 10.5. The Labute approximate surface area is 334 Å². The number of allylic oxidation sites excluding steroid dienone is 3. The minimum atomic E-state index is -1.22. The van der Waals surface area contributed by atoms with Crippen LogP contribution in [0.5, 0.6) is 0 Å². The molecule has 3 aromatic heterocycles. The molecule has 3 atom stereocenters. The minimum absolute atomic E-state index is 0. The SMILES string of the molecule is C=Cc1c2[n-]c(c1C)/C=C1\[N-]/C(=C3\c4[n-]c(c(C)c4C(=O)[C@@H]3C(=O)OC)/C=c3\[n-]/c(c(C)c3C)=C\2)[C@@H](CCC(=O)OC/C=C(\C)CCCC(C)C)[C@@H]1C.[Mg+2]. The quantitative estimate of drug-likeness (QED) is 0.0946. The maximum Gasteiger partial charge on any atom is 2.00 e. The van der Waals surface area contributed by atoms with Crippen molar-refractivity contribution >= 4 is 70.7 Å². The van der Waals surface area contributed by atoms with Crippen LogP contribution in [0.3, 0.4) is 0 Å². The molecule has 2 aliphatic heterocycles. The van der Waals surface area contributed by atoms with Crippen molar-refractivity contribution in [3.63, 3.8) is 0 Å². The molecule has 54 heavy (non-hydrogen) atoms. The van der Waals surface area contributed by atoms with Crippen LogP contribution in [0.25, 0.3) is 35.2 Å². The third-order valence-corrected chi connectivity index (χ3v) is 11.3. The number of ketones is 1. The number of Topliss-reactive ketones (excluding diaryl/α,β-unsaturated/α-hetero) is 1. The van der Waals surface area contributed by atoms with E-state index < -0.39 is 11.9 Å². The molecule has 5 heterocycles. The van der Waals surface area contributed by atoms with Crippen molar-refractivity contribution in [2.45, 2.75) is 87.5 Å². The zero-order valence-electron chi connectivity index (χ0n) is 33.2. The van der Waals surface area contributed by atoms with Gasteiger partial charge < -0.3 is 29.7 Å². The number of carbonyl (C=O) groups is 3. The Hall–Kier alpha value is -4.28. The van der Waals surface area contributed by atoms with E-state index in [1.54, 1.807) is 0 Å². The second-order valence-electron chi connectivity index (χ2n) is 15.1. The van der Waals surface area contributed by atoms with E-state index in [2.05, 4.69) is 34.3 Å². The normalized spacial score (nSPS) is 22.4. The van der Waals surface area contributed by atoms with E-state index in [1.807, 2.05) is 58.1 Å². The molecule has 1 aliphatic carbocycles. The minimum Gasteiger partial charge on any atom is -0.664 e. The van der Waals surface area contributed by atoms with Gasteiger partial charge in [0, 0.05) is 12.0 Å². The van der Waals surface area contributed by atoms with Crippen LogP contribution in [0.4, 0.5) is 0 Å². The summed E-state index contributed by atoms with van der Waals surface area (Å²) in [7, 11) is 1.28. The maximum absolute atomic E-state index is 14.2. The molecule has 1 fully saturated rings. The van der Waals surface area contributed by atoms with E-state index in [4.69, 9.17) is 29.7 Å². The van der Waals surface area contributed by atoms with E-state index in [1.165, 1.54) is 12.7 Å². The molecule has 9 nitrogen and oxygen atoms in total. The van der Waals surface area contributed by atoms with Gasteiger partial charge in [0.2, 0.25) is 0 Å². The number of esters is 2. The zero-order valence-corrected chi connectivity index (χ0v) is 34.6. The molecule has 0 radical (unpaired) electrons. The summed E-state index contributed by atoms with van der Waals surface area (Å²) in [4.78, 5) is 55.8. The van der Waals surface area contributed by atoms with Gasteiger partial charge >= 0.3 is 35.0 Å². The predicted octanol–water partition coefficient (Wildman–Crippen LogP) is 6.50. The van der Waals surface area contributed by atoms with Gasteiger partial charge in [0.25, 0.3) is 0 Å². The average Bonchev–Trinajstić information content (AvgIpc) is 3.85. The van der Waals surface area contributed by atoms with Crippen molar-refractivity contribution in [3.05, 3.63) is 102 Å². The molecule has 1 saturated heterocycles. The Bertz CT molecular complexity index is 2220. The number of ether oxygens (including phenoxy) is 2. The summed E-state index contributed by atoms with van der Waals surface area (Å²) in [5, 5.41) is 6.72. The summed E-state index contributed by atoms with van der Waals surface area (Å²) in [6.45, 7) is 20.8. The standard InChI is InChI=1S/C44H51N4O5.Mg/c1-11-29-26(7)33-20-34-27(8)30(15-16-37(49)53-18-17-23(4)14-12-13-22(2)3)41(47-34)39-40(44(51)52-10)43(50)38-28(9)35(48-42(38)39)19-31-24(5)25(6)32(45-31)21-36(29)46-33;/h11,17,19-22,27,30,40H,1,12-16,18H2,2-10H3,(H-,47,48,50);/q-3;+2/p-1/b23-17+,31-19-,32-21-,34-20-;/t27-,30-,40+;/m0./s1. The first-order chi connectivity index (χ1) is 25.2. The molecule has 0 N–H and O–H groups in total. The number of carbonyl (C=O) groups excluding carboxylic acids is 3. The van der Waals surface area contributed by atoms with Crippen molar-refractivity contribution in [1.29, 1.82) is 0 Å². The van der Waals surface area contributed by atoms with Crippen LogP contribution >= 0.6 is 0 Å². The maximum atomic E-state index is 14.2. The molecule has 10 heteroatoms. The second-order valence-corrected chi connectivity index (χ2v) is 15.1. The van der Waals surface area contributed by atoms with Crippen molar-refractivity contribution in [3.8, 4) is 0 Å². The Balaban J connectivity index is 0.00000561. The first-order valence-corrected chi connectivity index (χ1v) is 18.7. The van der Waals surface area contributed by atoms with Crippen LogP contribution in [0.2, 0.25) is 0 Å². The van der Waals surface area contributed by atoms with Gasteiger partial charge in [0.1, 0.15) is 12.5 Å². The summed E-state index contributed by atoms with van der Waals surface area (Å²) in [6, 6.07) is 0. The van der Waals surface area contributed by atoms with Crippen LogP contribution in [0.15, 0.2) is 29.6 Å². The first-order valence-electron chi connectivity index (χ1n) is 18.7. The second kappa shape index (κ2) is 16.6. The Morgan fingerprint density at radius 1 is 0.926 bits per heavy atom. The van der Waals surface area contributed by atoms with Gasteiger partial charge in [-0.25, -0.2) is 0 Å². The van der Waals surface area contributed by atoms with Crippen LogP contribution in [0, 0.1) is 51.4 Å². The van der Waals surface area contributed by atoms with Crippen LogP contribution < -0.4 is 25.7 Å². The van der Waals surface area contributed by atoms with Gasteiger partial charge in [-0.15, -0.1) is 33.5 Å². The van der Waals surface area contributed by atoms with Gasteiger partial charge in [-0.2, -0.15) is 11.4 Å². The molecule has 6 rings (SSSR count). The Morgan fingerprint density at radius 2 is 1.59 bits per heavy atom. The van der Waals surface area contributed by atoms with Gasteiger partial charge in [0.05, 0.1) is 7.11 Å². The molecule has 3 aliphatic rings. The number of hydrogen-bond donors (Lipinski definition) is 0. The summed E-state index contributed by atoms with van der Waals surface area (Å²) in [5.74, 6) is -2.38. The smallest absolute Gasteiger partial charge is 0.664 e. The molecule has 0 aromatic carbocycles. The molecule has 280 valence electrons. The van der Waals surface area contributed by atoms with Gasteiger partial charge in [-0.3, -0.25) is 14.4 Å². The van der Waals surface area contributed by atoms with E-state index in [9.17, 15) is 14.4 Å². The predicted molar refractivity (Wildman–Crippen MR) is 214 cm³/mol. The third kappa shape index (κ3) is 7.64. The van der Waals surface area contributed by atoms with Crippen LogP contribution in [-0.4, -0.2) is 54.5 Å². The monoisotopic (exact) mass is 738 g/mol. The average molecular weight is 739 g/mol. The number of nitrogens with zero attached hydrogens (tertiary/aromatic N) is 4. The molecule has 0 unspecified atom stereocenters. The van der Waals surface area contributed by atoms with E-state index in [-0.39, 0.29) is 59.7 Å². The zero-order chi connectivity index (χ0) is 38.3. The summed E-state index contributed by atoms with van der Waals surface area (Å²) >= 11 is 0. The van der Waals surface area contributed by atoms with Crippen LogP contribution in [0.1, 0.15) is 121 Å². The molecular formula is C44H50MgN4O5-2. The molecular weight excluding hydrogens is 689 g/mol. The Morgan fingerprint density at radius 3 is 2.24 bits per heavy atom. The summed E-state index contributed by atoms with van der Waals surface area (Å²) in [6.07, 6.45) is 13.4. The fourth-order valence-electron chi connectivity index (χ4n) is 7.79. The van der Waals surface area contributed by atoms with E-state index in [0.29, 0.717) is 46.1 Å². The van der Waals surface area contributed by atoms with E-state index >= 15 is 0 Å². The fraction of sp³-hybridized carbons (Fsp3) is 0.432. The van der Waals surface area contributed by atoms with Gasteiger partial charge in [-0.05, 0) is 83.3 Å². The number of rotatable bonds is 11. The molecule has 0 saturated carbocycles. The Kier molecular flexibility index (Phi) is 12.6. The van der Waals surface area contributed by atoms with Gasteiger partial charge in [0.15, 0.2) is 5.78 Å². The molecule has 3 aromatic rings. The number of aromatic nitrogens is 3. The molecule has 0 spiro atoms. The van der Waals surface area contributed by atoms with Crippen molar-refractivity contribution in [1.82, 2.24) is 15.0 Å². The van der Waals surface area contributed by atoms with Gasteiger partial charge in [-0.1, -0.05) is 91.5 Å². The molecule has 8 bridgehead atoms. The topological polar surface area (TPSA) is 126 Å². The first kappa shape index (κ1) is 40.9. The van der Waals surface area contributed by atoms with Crippen molar-refractivity contribution in [2.75, 3.05) is 13.7 Å². The van der Waals surface area contributed by atoms with E-state index in [0.717, 1.165) is 69.3 Å². The number of fused-ring (bicyclic) bond motifs is 7. The number of methoxy groups -OCH3 is 1. The van der Waals surface area contributed by atoms with Crippen LogP contribution in [-0.2, 0) is 19.1 Å². The fourth-order valence-corrected chi connectivity index (χ4v) is 7.79. The third-order valence-electron chi connectivity index (χ3n) is 11.3. The van der Waals surface area contributed by atoms with Crippen molar-refractivity contribution in [2.24, 2.45) is 23.7 Å². The largest absolute Gasteiger partial charge is 2.00 e.